The quantitative estimate of drug-likeness (QED) is 0.550. The molecular weight excluding hydrogens is 260 g/mol. The Morgan fingerprint density at radius 1 is 1.35 bits per heavy atom. The fourth-order valence-electron chi connectivity index (χ4n) is 1.18. The second kappa shape index (κ2) is 7.25. The van der Waals surface area contributed by atoms with Crippen LogP contribution in [-0.4, -0.2) is 12.8 Å². The van der Waals surface area contributed by atoms with Crippen molar-refractivity contribution in [2.75, 3.05) is 6.54 Å². The standard InChI is InChI=1S/C13H12Cl2FN/c1-10(16)8-13(15)9-17-7-6-11-2-4-12(14)5-3-11/h2-5,8-9H,1,6-7H2/b13-8+,17-9-. The third kappa shape index (κ3) is 6.25. The first-order valence-corrected chi connectivity index (χ1v) is 5.79. The summed E-state index contributed by atoms with van der Waals surface area (Å²) in [6.07, 6.45) is 3.32. The first kappa shape index (κ1) is 13.9. The van der Waals surface area contributed by atoms with Gasteiger partial charge in [-0.2, -0.15) is 0 Å². The van der Waals surface area contributed by atoms with Crippen molar-refractivity contribution in [2.45, 2.75) is 6.42 Å². The van der Waals surface area contributed by atoms with Crippen molar-refractivity contribution >= 4 is 29.4 Å². The minimum Gasteiger partial charge on any atom is -0.291 e. The van der Waals surface area contributed by atoms with E-state index in [0.717, 1.165) is 18.1 Å². The van der Waals surface area contributed by atoms with E-state index in [1.165, 1.54) is 6.21 Å². The van der Waals surface area contributed by atoms with Gasteiger partial charge in [0.1, 0.15) is 5.83 Å². The molecule has 0 aliphatic rings. The van der Waals surface area contributed by atoms with Crippen LogP contribution in [0.15, 0.2) is 52.8 Å². The van der Waals surface area contributed by atoms with Gasteiger partial charge in [-0.1, -0.05) is 41.9 Å². The highest BCUT2D eigenvalue weighted by Crippen LogP contribution is 2.10. The third-order valence-corrected chi connectivity index (χ3v) is 2.41. The molecule has 0 radical (unpaired) electrons. The summed E-state index contributed by atoms with van der Waals surface area (Å²) in [6.45, 7) is 3.67. The van der Waals surface area contributed by atoms with Crippen LogP contribution in [0.1, 0.15) is 5.56 Å². The van der Waals surface area contributed by atoms with Crippen molar-refractivity contribution in [3.8, 4) is 0 Å². The second-order valence-corrected chi connectivity index (χ2v) is 4.26. The number of rotatable bonds is 5. The van der Waals surface area contributed by atoms with E-state index >= 15 is 0 Å². The Morgan fingerprint density at radius 3 is 2.59 bits per heavy atom. The Morgan fingerprint density at radius 2 is 2.00 bits per heavy atom. The highest BCUT2D eigenvalue weighted by Gasteiger charge is 1.92. The van der Waals surface area contributed by atoms with E-state index in [2.05, 4.69) is 11.6 Å². The van der Waals surface area contributed by atoms with Gasteiger partial charge in [0.05, 0.1) is 5.03 Å². The van der Waals surface area contributed by atoms with Crippen LogP contribution in [0, 0.1) is 0 Å². The van der Waals surface area contributed by atoms with Crippen molar-refractivity contribution in [3.05, 3.63) is 58.4 Å². The Hall–Kier alpha value is -1.12. The molecule has 1 nitrogen and oxygen atoms in total. The molecule has 1 rings (SSSR count). The van der Waals surface area contributed by atoms with Crippen LogP contribution in [-0.2, 0) is 6.42 Å². The summed E-state index contributed by atoms with van der Waals surface area (Å²) in [5.74, 6) is -0.584. The van der Waals surface area contributed by atoms with Crippen LogP contribution in [0.4, 0.5) is 4.39 Å². The summed E-state index contributed by atoms with van der Waals surface area (Å²) in [5, 5.41) is 0.943. The number of allylic oxidation sites excluding steroid dienone is 3. The lowest BCUT2D eigenvalue weighted by Crippen LogP contribution is -1.89. The summed E-state index contributed by atoms with van der Waals surface area (Å²) in [5.41, 5.74) is 1.14. The van der Waals surface area contributed by atoms with Crippen molar-refractivity contribution < 1.29 is 4.39 Å². The van der Waals surface area contributed by atoms with Gasteiger partial charge >= 0.3 is 0 Å². The predicted molar refractivity (Wildman–Crippen MR) is 72.7 cm³/mol. The van der Waals surface area contributed by atoms with Gasteiger partial charge in [0.15, 0.2) is 0 Å². The molecule has 0 aliphatic carbocycles. The van der Waals surface area contributed by atoms with Gasteiger partial charge in [0.25, 0.3) is 0 Å². The van der Waals surface area contributed by atoms with Gasteiger partial charge in [-0.3, -0.25) is 4.99 Å². The molecule has 0 aromatic heterocycles. The molecule has 0 unspecified atom stereocenters. The molecule has 0 aliphatic heterocycles. The average Bonchev–Trinajstić information content (AvgIpc) is 2.26. The predicted octanol–water partition coefficient (Wildman–Crippen LogP) is 4.56. The van der Waals surface area contributed by atoms with Crippen LogP contribution < -0.4 is 0 Å². The molecule has 0 atom stereocenters. The summed E-state index contributed by atoms with van der Waals surface area (Å²) in [4.78, 5) is 4.08. The van der Waals surface area contributed by atoms with Crippen molar-refractivity contribution in [1.29, 1.82) is 0 Å². The molecule has 90 valence electrons. The molecule has 0 saturated heterocycles. The molecule has 4 heteroatoms. The van der Waals surface area contributed by atoms with Crippen LogP contribution in [0.5, 0.6) is 0 Å². The Kier molecular flexibility index (Phi) is 5.95. The van der Waals surface area contributed by atoms with E-state index in [9.17, 15) is 4.39 Å². The largest absolute Gasteiger partial charge is 0.291 e. The molecule has 1 aromatic rings. The Bertz CT molecular complexity index is 435. The topological polar surface area (TPSA) is 12.4 Å². The molecule has 1 aromatic carbocycles. The summed E-state index contributed by atoms with van der Waals surface area (Å²) >= 11 is 11.4. The lowest BCUT2D eigenvalue weighted by atomic mass is 10.1. The van der Waals surface area contributed by atoms with Crippen molar-refractivity contribution in [2.24, 2.45) is 4.99 Å². The molecule has 17 heavy (non-hydrogen) atoms. The number of hydrogen-bond acceptors (Lipinski definition) is 1. The third-order valence-electron chi connectivity index (χ3n) is 1.95. The fourth-order valence-corrected chi connectivity index (χ4v) is 1.50. The minimum absolute atomic E-state index is 0.230. The summed E-state index contributed by atoms with van der Waals surface area (Å²) < 4.78 is 12.3. The number of halogens is 3. The average molecular weight is 272 g/mol. The zero-order valence-electron chi connectivity index (χ0n) is 9.17. The molecule has 0 N–H and O–H groups in total. The first-order valence-electron chi connectivity index (χ1n) is 5.04. The SMILES string of the molecule is C=C(F)/C=C(Cl)\C=N/CCc1ccc(Cl)cc1. The number of nitrogens with zero attached hydrogens (tertiary/aromatic N) is 1. The molecule has 0 fully saturated rings. The highest BCUT2D eigenvalue weighted by atomic mass is 35.5. The molecule has 0 amide bonds. The highest BCUT2D eigenvalue weighted by molar-refractivity contribution is 6.39. The van der Waals surface area contributed by atoms with Gasteiger partial charge in [-0.05, 0) is 30.2 Å². The zero-order chi connectivity index (χ0) is 12.7. The smallest absolute Gasteiger partial charge is 0.117 e. The van der Waals surface area contributed by atoms with E-state index in [1.807, 2.05) is 24.3 Å². The van der Waals surface area contributed by atoms with E-state index in [0.29, 0.717) is 11.6 Å². The van der Waals surface area contributed by atoms with Crippen molar-refractivity contribution in [1.82, 2.24) is 0 Å². The zero-order valence-corrected chi connectivity index (χ0v) is 10.7. The van der Waals surface area contributed by atoms with E-state index in [4.69, 9.17) is 23.2 Å². The Balaban J connectivity index is 2.40. The molecular formula is C13H12Cl2FN. The molecule has 0 spiro atoms. The van der Waals surface area contributed by atoms with E-state index in [-0.39, 0.29) is 5.03 Å². The lowest BCUT2D eigenvalue weighted by molar-refractivity contribution is 0.671. The fraction of sp³-hybridized carbons (Fsp3) is 0.154. The Labute approximate surface area is 110 Å². The van der Waals surface area contributed by atoms with Crippen LogP contribution in [0.2, 0.25) is 5.02 Å². The lowest BCUT2D eigenvalue weighted by Gasteiger charge is -1.97. The van der Waals surface area contributed by atoms with Crippen LogP contribution in [0.25, 0.3) is 0 Å². The van der Waals surface area contributed by atoms with Gasteiger partial charge in [-0.25, -0.2) is 4.39 Å². The van der Waals surface area contributed by atoms with E-state index in [1.54, 1.807) is 0 Å². The van der Waals surface area contributed by atoms with Gasteiger partial charge < -0.3 is 0 Å². The number of aliphatic imine (C=N–C) groups is 1. The van der Waals surface area contributed by atoms with Crippen molar-refractivity contribution in [3.63, 3.8) is 0 Å². The second-order valence-electron chi connectivity index (χ2n) is 3.39. The normalized spacial score (nSPS) is 12.1. The summed E-state index contributed by atoms with van der Waals surface area (Å²) in [7, 11) is 0. The van der Waals surface area contributed by atoms with Gasteiger partial charge in [0, 0.05) is 17.8 Å². The molecule has 0 heterocycles. The first-order chi connectivity index (χ1) is 8.08. The maximum absolute atomic E-state index is 12.3. The number of hydrogen-bond donors (Lipinski definition) is 0. The monoisotopic (exact) mass is 271 g/mol. The van der Waals surface area contributed by atoms with Gasteiger partial charge in [-0.15, -0.1) is 0 Å². The summed E-state index contributed by atoms with van der Waals surface area (Å²) in [6, 6.07) is 7.55. The van der Waals surface area contributed by atoms with Crippen LogP contribution in [0.3, 0.4) is 0 Å². The molecule has 0 saturated carbocycles. The van der Waals surface area contributed by atoms with Gasteiger partial charge in [0.2, 0.25) is 0 Å². The molecule has 0 bridgehead atoms. The maximum Gasteiger partial charge on any atom is 0.117 e. The maximum atomic E-state index is 12.3. The van der Waals surface area contributed by atoms with E-state index < -0.39 is 5.83 Å². The minimum atomic E-state index is -0.584. The van der Waals surface area contributed by atoms with Crippen LogP contribution >= 0.6 is 23.2 Å². The number of benzene rings is 1.